The Morgan fingerprint density at radius 3 is 2.58 bits per heavy atom. The van der Waals surface area contributed by atoms with Crippen LogP contribution in [0, 0.1) is 18.3 Å². The van der Waals surface area contributed by atoms with Crippen LogP contribution in [0.3, 0.4) is 0 Å². The molecule has 0 unspecified atom stereocenters. The van der Waals surface area contributed by atoms with E-state index in [0.717, 1.165) is 37.8 Å². The molecule has 0 aliphatic heterocycles. The van der Waals surface area contributed by atoms with Gasteiger partial charge >= 0.3 is 0 Å². The highest BCUT2D eigenvalue weighted by molar-refractivity contribution is 14.0. The molecule has 7 heteroatoms. The van der Waals surface area contributed by atoms with Gasteiger partial charge in [-0.3, -0.25) is 4.99 Å². The molecule has 1 heterocycles. The Morgan fingerprint density at radius 2 is 2.08 bits per heavy atom. The molecule has 0 spiro atoms. The zero-order valence-corrected chi connectivity index (χ0v) is 17.7. The lowest BCUT2D eigenvalue weighted by Gasteiger charge is -2.43. The molecular formula is C17H32IN5O. The molecule has 0 atom stereocenters. The molecule has 0 radical (unpaired) electrons. The fourth-order valence-corrected chi connectivity index (χ4v) is 3.38. The minimum absolute atomic E-state index is 0. The van der Waals surface area contributed by atoms with Crippen LogP contribution >= 0.6 is 24.0 Å². The highest BCUT2D eigenvalue weighted by Gasteiger charge is 2.37. The van der Waals surface area contributed by atoms with E-state index >= 15 is 0 Å². The van der Waals surface area contributed by atoms with Gasteiger partial charge in [-0.05, 0) is 43.9 Å². The zero-order valence-electron chi connectivity index (χ0n) is 15.4. The maximum absolute atomic E-state index is 5.11. The van der Waals surface area contributed by atoms with Gasteiger partial charge in [0.1, 0.15) is 0 Å². The summed E-state index contributed by atoms with van der Waals surface area (Å²) in [4.78, 5) is 8.53. The summed E-state index contributed by atoms with van der Waals surface area (Å²) in [5, 5.41) is 10.7. The van der Waals surface area contributed by atoms with Crippen LogP contribution in [0.25, 0.3) is 0 Å². The molecule has 2 rings (SSSR count). The van der Waals surface area contributed by atoms with Crippen LogP contribution in [-0.4, -0.2) is 36.2 Å². The predicted molar refractivity (Wildman–Crippen MR) is 108 cm³/mol. The van der Waals surface area contributed by atoms with E-state index in [1.54, 1.807) is 0 Å². The van der Waals surface area contributed by atoms with Gasteiger partial charge in [-0.2, -0.15) is 4.98 Å². The Morgan fingerprint density at radius 1 is 1.33 bits per heavy atom. The van der Waals surface area contributed by atoms with E-state index in [-0.39, 0.29) is 24.0 Å². The van der Waals surface area contributed by atoms with Crippen molar-refractivity contribution in [1.29, 1.82) is 0 Å². The van der Waals surface area contributed by atoms with Crippen molar-refractivity contribution in [2.45, 2.75) is 59.3 Å². The summed E-state index contributed by atoms with van der Waals surface area (Å²) >= 11 is 0. The number of halogens is 1. The van der Waals surface area contributed by atoms with Crippen molar-refractivity contribution in [3.63, 3.8) is 0 Å². The lowest BCUT2D eigenvalue weighted by Crippen LogP contribution is -2.47. The predicted octanol–water partition coefficient (Wildman–Crippen LogP) is 3.31. The summed E-state index contributed by atoms with van der Waals surface area (Å²) in [5.41, 5.74) is 0.479. The van der Waals surface area contributed by atoms with Crippen LogP contribution < -0.4 is 10.6 Å². The number of aliphatic imine (C=N–C) groups is 1. The number of hydrogen-bond acceptors (Lipinski definition) is 4. The van der Waals surface area contributed by atoms with Crippen LogP contribution in [0.1, 0.15) is 57.7 Å². The first kappa shape index (κ1) is 21.2. The molecule has 1 fully saturated rings. The van der Waals surface area contributed by atoms with Crippen LogP contribution in [0.2, 0.25) is 0 Å². The molecule has 1 aliphatic rings. The molecule has 0 amide bonds. The number of aromatic nitrogens is 2. The van der Waals surface area contributed by atoms with Gasteiger partial charge in [-0.15, -0.1) is 24.0 Å². The zero-order chi connectivity index (χ0) is 16.7. The van der Waals surface area contributed by atoms with E-state index in [9.17, 15) is 0 Å². The molecule has 0 bridgehead atoms. The SMILES string of the molecule is CN=C(NCCCc1nc(C)no1)NCC1(CC(C)C)CCC1.I. The number of guanidine groups is 1. The van der Waals surface area contributed by atoms with Crippen LogP contribution in [0.5, 0.6) is 0 Å². The van der Waals surface area contributed by atoms with Crippen molar-refractivity contribution in [2.24, 2.45) is 16.3 Å². The summed E-state index contributed by atoms with van der Waals surface area (Å²) in [6.45, 7) is 8.33. The van der Waals surface area contributed by atoms with Crippen LogP contribution in [-0.2, 0) is 6.42 Å². The third kappa shape index (κ3) is 6.57. The summed E-state index contributed by atoms with van der Waals surface area (Å²) < 4.78 is 5.11. The largest absolute Gasteiger partial charge is 0.356 e. The van der Waals surface area contributed by atoms with Gasteiger partial charge in [-0.1, -0.05) is 25.4 Å². The molecule has 1 aliphatic carbocycles. The van der Waals surface area contributed by atoms with Crippen LogP contribution in [0.15, 0.2) is 9.52 Å². The standard InChI is InChI=1S/C17H31N5O.HI/c1-13(2)11-17(8-6-9-17)12-20-16(18-4)19-10-5-7-15-21-14(3)22-23-15;/h13H,5-12H2,1-4H3,(H2,18,19,20);1H. The average molecular weight is 449 g/mol. The minimum Gasteiger partial charge on any atom is -0.356 e. The topological polar surface area (TPSA) is 75.3 Å². The third-order valence-electron chi connectivity index (χ3n) is 4.54. The van der Waals surface area contributed by atoms with E-state index < -0.39 is 0 Å². The average Bonchev–Trinajstić information content (AvgIpc) is 2.88. The summed E-state index contributed by atoms with van der Waals surface area (Å²) in [6, 6.07) is 0. The van der Waals surface area contributed by atoms with Gasteiger partial charge in [0.15, 0.2) is 11.8 Å². The van der Waals surface area contributed by atoms with E-state index in [1.807, 2.05) is 14.0 Å². The Hall–Kier alpha value is -0.860. The highest BCUT2D eigenvalue weighted by Crippen LogP contribution is 2.45. The van der Waals surface area contributed by atoms with Gasteiger partial charge in [-0.25, -0.2) is 0 Å². The fraction of sp³-hybridized carbons (Fsp3) is 0.824. The van der Waals surface area contributed by atoms with E-state index in [0.29, 0.717) is 17.1 Å². The Balaban J connectivity index is 0.00000288. The molecule has 1 aromatic heterocycles. The number of nitrogens with zero attached hydrogens (tertiary/aromatic N) is 3. The van der Waals surface area contributed by atoms with Gasteiger partial charge < -0.3 is 15.2 Å². The quantitative estimate of drug-likeness (QED) is 0.276. The van der Waals surface area contributed by atoms with Crippen molar-refractivity contribution in [3.8, 4) is 0 Å². The Labute approximate surface area is 162 Å². The van der Waals surface area contributed by atoms with Crippen molar-refractivity contribution in [3.05, 3.63) is 11.7 Å². The lowest BCUT2D eigenvalue weighted by molar-refractivity contribution is 0.104. The summed E-state index contributed by atoms with van der Waals surface area (Å²) in [6.07, 6.45) is 7.08. The third-order valence-corrected chi connectivity index (χ3v) is 4.54. The van der Waals surface area contributed by atoms with Crippen molar-refractivity contribution >= 4 is 29.9 Å². The Bertz CT molecular complexity index is 511. The second kappa shape index (κ2) is 10.2. The fourth-order valence-electron chi connectivity index (χ4n) is 3.38. The Kier molecular flexibility index (Phi) is 9.01. The monoisotopic (exact) mass is 449 g/mol. The van der Waals surface area contributed by atoms with Crippen molar-refractivity contribution in [1.82, 2.24) is 20.8 Å². The normalized spacial score (nSPS) is 16.5. The van der Waals surface area contributed by atoms with Crippen molar-refractivity contribution < 1.29 is 4.52 Å². The summed E-state index contributed by atoms with van der Waals surface area (Å²) in [5.74, 6) is 3.05. The molecule has 0 saturated heterocycles. The number of aryl methyl sites for hydroxylation is 2. The van der Waals surface area contributed by atoms with Gasteiger partial charge in [0, 0.05) is 26.6 Å². The minimum atomic E-state index is 0. The van der Waals surface area contributed by atoms with Gasteiger partial charge in [0.05, 0.1) is 0 Å². The van der Waals surface area contributed by atoms with E-state index in [4.69, 9.17) is 4.52 Å². The molecule has 2 N–H and O–H groups in total. The first-order valence-corrected chi connectivity index (χ1v) is 8.77. The summed E-state index contributed by atoms with van der Waals surface area (Å²) in [7, 11) is 1.83. The second-order valence-corrected chi connectivity index (χ2v) is 7.14. The molecule has 1 saturated carbocycles. The van der Waals surface area contributed by atoms with Gasteiger partial charge in [0.2, 0.25) is 5.89 Å². The molecule has 1 aromatic rings. The lowest BCUT2D eigenvalue weighted by atomic mass is 9.64. The number of hydrogen-bond donors (Lipinski definition) is 2. The van der Waals surface area contributed by atoms with Crippen molar-refractivity contribution in [2.75, 3.05) is 20.1 Å². The molecule has 138 valence electrons. The van der Waals surface area contributed by atoms with Crippen LogP contribution in [0.4, 0.5) is 0 Å². The first-order chi connectivity index (χ1) is 11.0. The number of nitrogens with one attached hydrogen (secondary N) is 2. The number of rotatable bonds is 8. The smallest absolute Gasteiger partial charge is 0.226 e. The molecular weight excluding hydrogens is 417 g/mol. The van der Waals surface area contributed by atoms with E-state index in [2.05, 4.69) is 39.6 Å². The molecule has 0 aromatic carbocycles. The second-order valence-electron chi connectivity index (χ2n) is 7.14. The maximum atomic E-state index is 5.11. The van der Waals surface area contributed by atoms with Gasteiger partial charge in [0.25, 0.3) is 0 Å². The maximum Gasteiger partial charge on any atom is 0.226 e. The molecule has 24 heavy (non-hydrogen) atoms. The highest BCUT2D eigenvalue weighted by atomic mass is 127. The first-order valence-electron chi connectivity index (χ1n) is 8.77. The molecule has 6 nitrogen and oxygen atoms in total. The van der Waals surface area contributed by atoms with E-state index in [1.165, 1.54) is 25.7 Å².